The summed E-state index contributed by atoms with van der Waals surface area (Å²) >= 11 is 0. The van der Waals surface area contributed by atoms with Crippen LogP contribution in [0.2, 0.25) is 0 Å². The molecule has 0 aliphatic carbocycles. The van der Waals surface area contributed by atoms with E-state index in [1.54, 1.807) is 0 Å². The van der Waals surface area contributed by atoms with Gasteiger partial charge < -0.3 is 25.2 Å². The molecule has 0 fully saturated rings. The van der Waals surface area contributed by atoms with Crippen molar-refractivity contribution < 1.29 is 47.5 Å². The van der Waals surface area contributed by atoms with Crippen LogP contribution in [0.15, 0.2) is 12.2 Å². The van der Waals surface area contributed by atoms with Gasteiger partial charge in [-0.15, -0.1) is 0 Å². The Morgan fingerprint density at radius 3 is 1.26 bits per heavy atom. The Balaban J connectivity index is 4.29. The first-order valence-electron chi connectivity index (χ1n) is 23.7. The lowest BCUT2D eigenvalue weighted by Gasteiger charge is -2.20. The number of aliphatic carboxylic acids is 1. The number of esters is 2. The first kappa shape index (κ1) is 56.2. The first-order valence-corrected chi connectivity index (χ1v) is 25.2. The van der Waals surface area contributed by atoms with Gasteiger partial charge in [-0.2, -0.15) is 0 Å². The van der Waals surface area contributed by atoms with Gasteiger partial charge in [0.05, 0.1) is 13.2 Å². The minimum absolute atomic E-state index is 0.156. The van der Waals surface area contributed by atoms with E-state index in [2.05, 4.69) is 30.5 Å². The molecule has 3 unspecified atom stereocenters. The molecule has 0 aromatic carbocycles. The lowest BCUT2D eigenvalue weighted by Crippen LogP contribution is -2.34. The lowest BCUT2D eigenvalue weighted by molar-refractivity contribution is -0.161. The number of phosphoric ester groups is 1. The third-order valence-corrected chi connectivity index (χ3v) is 11.5. The fourth-order valence-electron chi connectivity index (χ4n) is 6.77. The van der Waals surface area contributed by atoms with Gasteiger partial charge in [0.25, 0.3) is 0 Å². The van der Waals surface area contributed by atoms with Gasteiger partial charge in [0.15, 0.2) is 6.10 Å². The molecule has 4 N–H and O–H groups in total. The number of hydrogen-bond acceptors (Lipinski definition) is 9. The van der Waals surface area contributed by atoms with Crippen LogP contribution in [0.1, 0.15) is 232 Å². The van der Waals surface area contributed by atoms with Crippen LogP contribution in [-0.4, -0.2) is 59.9 Å². The molecule has 0 aromatic rings. The number of phosphoric acid groups is 1. The summed E-state index contributed by atoms with van der Waals surface area (Å²) in [7, 11) is -4.71. The van der Waals surface area contributed by atoms with E-state index in [4.69, 9.17) is 24.8 Å². The standard InChI is InChI=1S/C46H88NO10P/c1-3-5-7-9-11-13-15-17-19-21-23-25-27-29-31-33-35-37-44(48)54-39-42(40-55-58(52,53)56-41-43(47)46(50)51)57-45(49)38-36-34-32-30-28-26-24-22-20-18-16-14-12-10-8-6-4-2/h22,24,42-43H,3-21,23,25-41,47H2,1-2H3,(H,50,51)(H,52,53)/b24-22+. The molecule has 3 atom stereocenters. The molecule has 0 bridgehead atoms. The van der Waals surface area contributed by atoms with Gasteiger partial charge in [0.2, 0.25) is 0 Å². The second-order valence-electron chi connectivity index (χ2n) is 16.2. The molecule has 0 saturated heterocycles. The van der Waals surface area contributed by atoms with Crippen molar-refractivity contribution in [2.24, 2.45) is 5.73 Å². The van der Waals surface area contributed by atoms with Crippen LogP contribution in [0.5, 0.6) is 0 Å². The van der Waals surface area contributed by atoms with E-state index in [1.165, 1.54) is 135 Å². The lowest BCUT2D eigenvalue weighted by atomic mass is 10.0. The summed E-state index contributed by atoms with van der Waals surface area (Å²) in [5, 5.41) is 8.90. The zero-order chi connectivity index (χ0) is 42.8. The van der Waals surface area contributed by atoms with Crippen LogP contribution in [0.25, 0.3) is 0 Å². The number of unbranched alkanes of at least 4 members (excludes halogenated alkanes) is 29. The molecule has 0 saturated carbocycles. The average molecular weight is 846 g/mol. The van der Waals surface area contributed by atoms with Crippen LogP contribution in [0, 0.1) is 0 Å². The Labute approximate surface area is 354 Å². The van der Waals surface area contributed by atoms with Crippen molar-refractivity contribution in [3.05, 3.63) is 12.2 Å². The van der Waals surface area contributed by atoms with Crippen molar-refractivity contribution in [2.75, 3.05) is 19.8 Å². The third-order valence-electron chi connectivity index (χ3n) is 10.5. The van der Waals surface area contributed by atoms with Gasteiger partial charge in [-0.3, -0.25) is 23.4 Å². The van der Waals surface area contributed by atoms with Gasteiger partial charge in [-0.05, 0) is 38.5 Å². The van der Waals surface area contributed by atoms with Gasteiger partial charge in [0.1, 0.15) is 12.6 Å². The largest absolute Gasteiger partial charge is 0.480 e. The third kappa shape index (κ3) is 41.0. The van der Waals surface area contributed by atoms with Gasteiger partial charge in [-0.25, -0.2) is 4.57 Å². The van der Waals surface area contributed by atoms with Crippen molar-refractivity contribution in [3.8, 4) is 0 Å². The van der Waals surface area contributed by atoms with Gasteiger partial charge >= 0.3 is 25.7 Å². The van der Waals surface area contributed by atoms with Gasteiger partial charge in [-0.1, -0.05) is 193 Å². The fraction of sp³-hybridized carbons (Fsp3) is 0.891. The minimum Gasteiger partial charge on any atom is -0.480 e. The first-order chi connectivity index (χ1) is 28.1. The molecule has 58 heavy (non-hydrogen) atoms. The molecule has 11 nitrogen and oxygen atoms in total. The minimum atomic E-state index is -4.71. The number of hydrogen-bond donors (Lipinski definition) is 3. The molecule has 0 aromatic heterocycles. The maximum atomic E-state index is 12.6. The number of allylic oxidation sites excluding steroid dienone is 2. The summed E-state index contributed by atoms with van der Waals surface area (Å²) in [6, 6.07) is -1.52. The topological polar surface area (TPSA) is 172 Å². The van der Waals surface area contributed by atoms with Crippen molar-refractivity contribution >= 4 is 25.7 Å². The predicted octanol–water partition coefficient (Wildman–Crippen LogP) is 12.8. The molecule has 0 rings (SSSR count). The van der Waals surface area contributed by atoms with E-state index < -0.39 is 51.1 Å². The molecular weight excluding hydrogens is 757 g/mol. The van der Waals surface area contributed by atoms with E-state index in [-0.39, 0.29) is 19.4 Å². The molecule has 0 radical (unpaired) electrons. The van der Waals surface area contributed by atoms with E-state index in [9.17, 15) is 23.8 Å². The smallest absolute Gasteiger partial charge is 0.472 e. The maximum absolute atomic E-state index is 12.6. The summed E-state index contributed by atoms with van der Waals surface area (Å²) < 4.78 is 32.8. The van der Waals surface area contributed by atoms with Crippen LogP contribution in [0.3, 0.4) is 0 Å². The summed E-state index contributed by atoms with van der Waals surface area (Å²) in [5.74, 6) is -2.37. The van der Waals surface area contributed by atoms with E-state index in [0.717, 1.165) is 57.8 Å². The quantitative estimate of drug-likeness (QED) is 0.0230. The van der Waals surface area contributed by atoms with Crippen molar-refractivity contribution in [2.45, 2.75) is 244 Å². The molecule has 342 valence electrons. The zero-order valence-electron chi connectivity index (χ0n) is 37.2. The van der Waals surface area contributed by atoms with Crippen LogP contribution < -0.4 is 5.73 Å². The molecule has 12 heteroatoms. The maximum Gasteiger partial charge on any atom is 0.472 e. The van der Waals surface area contributed by atoms with Gasteiger partial charge in [0, 0.05) is 12.8 Å². The highest BCUT2D eigenvalue weighted by Gasteiger charge is 2.28. The van der Waals surface area contributed by atoms with Crippen LogP contribution in [0.4, 0.5) is 0 Å². The highest BCUT2D eigenvalue weighted by molar-refractivity contribution is 7.47. The molecule has 0 spiro atoms. The van der Waals surface area contributed by atoms with Crippen LogP contribution >= 0.6 is 7.82 Å². The highest BCUT2D eigenvalue weighted by Crippen LogP contribution is 2.43. The van der Waals surface area contributed by atoms with E-state index in [1.807, 2.05) is 0 Å². The number of nitrogens with two attached hydrogens (primary N) is 1. The Bertz CT molecular complexity index is 1040. The summed E-state index contributed by atoms with van der Waals surface area (Å²) in [6.07, 6.45) is 42.7. The molecular formula is C46H88NO10P. The number of rotatable bonds is 45. The summed E-state index contributed by atoms with van der Waals surface area (Å²) in [4.78, 5) is 46.0. The van der Waals surface area contributed by atoms with Crippen molar-refractivity contribution in [1.29, 1.82) is 0 Å². The highest BCUT2D eigenvalue weighted by atomic mass is 31.2. The van der Waals surface area contributed by atoms with Crippen molar-refractivity contribution in [3.63, 3.8) is 0 Å². The molecule has 0 heterocycles. The number of carbonyl (C=O) groups is 3. The fourth-order valence-corrected chi connectivity index (χ4v) is 7.55. The Morgan fingerprint density at radius 2 is 0.862 bits per heavy atom. The second-order valence-corrected chi connectivity index (χ2v) is 17.7. The monoisotopic (exact) mass is 846 g/mol. The Hall–Kier alpha value is -1.78. The van der Waals surface area contributed by atoms with E-state index in [0.29, 0.717) is 12.8 Å². The average Bonchev–Trinajstić information content (AvgIpc) is 3.20. The van der Waals surface area contributed by atoms with E-state index >= 15 is 0 Å². The summed E-state index contributed by atoms with van der Waals surface area (Å²) in [5.41, 5.74) is 5.34. The van der Waals surface area contributed by atoms with Crippen molar-refractivity contribution in [1.82, 2.24) is 0 Å². The molecule has 0 amide bonds. The Kier molecular flexibility index (Phi) is 40.6. The number of ether oxygens (including phenoxy) is 2. The normalized spacial score (nSPS) is 13.7. The number of carboxylic acids is 1. The zero-order valence-corrected chi connectivity index (χ0v) is 38.1. The summed E-state index contributed by atoms with van der Waals surface area (Å²) in [6.45, 7) is 2.83. The number of carboxylic acid groups (broad SMARTS) is 1. The Morgan fingerprint density at radius 1 is 0.517 bits per heavy atom. The van der Waals surface area contributed by atoms with Crippen LogP contribution in [-0.2, 0) is 37.5 Å². The molecule has 0 aliphatic heterocycles. The molecule has 0 aliphatic rings. The second kappa shape index (κ2) is 41.9. The predicted molar refractivity (Wildman–Crippen MR) is 236 cm³/mol. The number of carbonyl (C=O) groups excluding carboxylic acids is 2. The SMILES string of the molecule is CCCCCCCCCC/C=C/CCCCCCCC(=O)OC(COC(=O)CCCCCCCCCCCCCCCCCCC)COP(=O)(O)OCC(N)C(=O)O.